The Bertz CT molecular complexity index is 591. The lowest BCUT2D eigenvalue weighted by Gasteiger charge is -2.17. The van der Waals surface area contributed by atoms with Crippen LogP contribution in [0.3, 0.4) is 0 Å². The second kappa shape index (κ2) is 8.82. The predicted molar refractivity (Wildman–Crippen MR) is 88.9 cm³/mol. The molecule has 2 N–H and O–H groups in total. The second-order valence-electron chi connectivity index (χ2n) is 4.83. The summed E-state index contributed by atoms with van der Waals surface area (Å²) < 4.78 is 5.54. The molecular weight excluding hydrogens is 276 g/mol. The van der Waals surface area contributed by atoms with Crippen molar-refractivity contribution in [2.75, 3.05) is 6.61 Å². The van der Waals surface area contributed by atoms with Crippen molar-refractivity contribution < 1.29 is 14.9 Å². The van der Waals surface area contributed by atoms with Crippen LogP contribution in [0.25, 0.3) is 12.2 Å². The Morgan fingerprint density at radius 1 is 0.864 bits per heavy atom. The van der Waals surface area contributed by atoms with Crippen LogP contribution in [-0.4, -0.2) is 29.0 Å². The SMILES string of the molecule is OCC(O)C(C=Cc1ccccc1)OC=Cc1ccccc1. The summed E-state index contributed by atoms with van der Waals surface area (Å²) in [6, 6.07) is 19.5. The van der Waals surface area contributed by atoms with E-state index in [2.05, 4.69) is 0 Å². The smallest absolute Gasteiger partial charge is 0.144 e. The highest BCUT2D eigenvalue weighted by Gasteiger charge is 2.15. The summed E-state index contributed by atoms with van der Waals surface area (Å²) in [6.07, 6.45) is 5.37. The Balaban J connectivity index is 2.00. The molecule has 114 valence electrons. The molecule has 0 amide bonds. The highest BCUT2D eigenvalue weighted by molar-refractivity contribution is 5.50. The van der Waals surface area contributed by atoms with E-state index in [1.165, 1.54) is 6.26 Å². The molecular formula is C19H20O3. The molecule has 22 heavy (non-hydrogen) atoms. The van der Waals surface area contributed by atoms with Crippen LogP contribution in [0.15, 0.2) is 73.0 Å². The zero-order valence-corrected chi connectivity index (χ0v) is 12.2. The number of hydrogen-bond acceptors (Lipinski definition) is 3. The molecule has 3 nitrogen and oxygen atoms in total. The fourth-order valence-electron chi connectivity index (χ4n) is 1.91. The van der Waals surface area contributed by atoms with Gasteiger partial charge in [0.15, 0.2) is 0 Å². The third-order valence-electron chi connectivity index (χ3n) is 3.14. The average Bonchev–Trinajstić information content (AvgIpc) is 2.59. The largest absolute Gasteiger partial charge is 0.491 e. The number of rotatable bonds is 7. The Kier molecular flexibility index (Phi) is 6.42. The molecule has 0 aliphatic carbocycles. The van der Waals surface area contributed by atoms with Crippen molar-refractivity contribution in [2.24, 2.45) is 0 Å². The molecule has 0 aliphatic heterocycles. The first-order chi connectivity index (χ1) is 10.8. The number of aliphatic hydroxyl groups excluding tert-OH is 2. The first kappa shape index (κ1) is 16.0. The van der Waals surface area contributed by atoms with Crippen molar-refractivity contribution in [3.8, 4) is 0 Å². The Labute approximate surface area is 130 Å². The first-order valence-corrected chi connectivity index (χ1v) is 7.19. The van der Waals surface area contributed by atoms with Crippen molar-refractivity contribution in [2.45, 2.75) is 12.2 Å². The molecule has 0 radical (unpaired) electrons. The molecule has 0 spiro atoms. The van der Waals surface area contributed by atoms with Gasteiger partial charge in [-0.2, -0.15) is 0 Å². The monoisotopic (exact) mass is 296 g/mol. The number of hydrogen-bond donors (Lipinski definition) is 2. The first-order valence-electron chi connectivity index (χ1n) is 7.19. The molecule has 2 aromatic carbocycles. The molecule has 0 saturated heterocycles. The van der Waals surface area contributed by atoms with Gasteiger partial charge in [-0.25, -0.2) is 0 Å². The molecule has 2 unspecified atom stereocenters. The molecule has 0 bridgehead atoms. The van der Waals surface area contributed by atoms with Gasteiger partial charge >= 0.3 is 0 Å². The summed E-state index contributed by atoms with van der Waals surface area (Å²) >= 11 is 0. The van der Waals surface area contributed by atoms with Crippen LogP contribution in [0.2, 0.25) is 0 Å². The van der Waals surface area contributed by atoms with Crippen LogP contribution in [0.4, 0.5) is 0 Å². The lowest BCUT2D eigenvalue weighted by Crippen LogP contribution is -2.28. The van der Waals surface area contributed by atoms with Crippen molar-refractivity contribution >= 4 is 12.2 Å². The lowest BCUT2D eigenvalue weighted by molar-refractivity contribution is 0.00291. The van der Waals surface area contributed by atoms with Gasteiger partial charge in [-0.05, 0) is 23.3 Å². The maximum absolute atomic E-state index is 9.83. The fourth-order valence-corrected chi connectivity index (χ4v) is 1.91. The average molecular weight is 296 g/mol. The maximum Gasteiger partial charge on any atom is 0.144 e. The van der Waals surface area contributed by atoms with Crippen molar-refractivity contribution in [3.05, 3.63) is 84.1 Å². The van der Waals surface area contributed by atoms with Gasteiger partial charge in [0, 0.05) is 0 Å². The van der Waals surface area contributed by atoms with Gasteiger partial charge in [-0.3, -0.25) is 0 Å². The van der Waals surface area contributed by atoms with Gasteiger partial charge in [0.05, 0.1) is 12.9 Å². The minimum atomic E-state index is -0.972. The molecule has 0 fully saturated rings. The highest BCUT2D eigenvalue weighted by atomic mass is 16.5. The molecule has 0 heterocycles. The molecule has 0 aromatic heterocycles. The number of aliphatic hydroxyl groups is 2. The summed E-state index contributed by atoms with van der Waals surface area (Å²) in [6.45, 7) is -0.358. The highest BCUT2D eigenvalue weighted by Crippen LogP contribution is 2.09. The van der Waals surface area contributed by atoms with Crippen LogP contribution in [-0.2, 0) is 4.74 Å². The zero-order valence-electron chi connectivity index (χ0n) is 12.2. The van der Waals surface area contributed by atoms with Crippen LogP contribution in [0.1, 0.15) is 11.1 Å². The summed E-state index contributed by atoms with van der Waals surface area (Å²) in [5.74, 6) is 0. The Morgan fingerprint density at radius 2 is 1.41 bits per heavy atom. The van der Waals surface area contributed by atoms with E-state index in [0.717, 1.165) is 11.1 Å². The quantitative estimate of drug-likeness (QED) is 0.772. The summed E-state index contributed by atoms with van der Waals surface area (Å²) in [5, 5.41) is 19.0. The van der Waals surface area contributed by atoms with E-state index >= 15 is 0 Å². The minimum absolute atomic E-state index is 0.358. The molecule has 2 rings (SSSR count). The van der Waals surface area contributed by atoms with Gasteiger partial charge in [-0.15, -0.1) is 0 Å². The fraction of sp³-hybridized carbons (Fsp3) is 0.158. The summed E-state index contributed by atoms with van der Waals surface area (Å²) in [4.78, 5) is 0. The summed E-state index contributed by atoms with van der Waals surface area (Å²) in [5.41, 5.74) is 2.01. The molecule has 2 aromatic rings. The molecule has 0 aliphatic rings. The normalized spacial score (nSPS) is 14.3. The van der Waals surface area contributed by atoms with E-state index in [0.29, 0.717) is 0 Å². The Morgan fingerprint density at radius 3 is 1.95 bits per heavy atom. The van der Waals surface area contributed by atoms with Crippen LogP contribution in [0.5, 0.6) is 0 Å². The lowest BCUT2D eigenvalue weighted by atomic mass is 10.1. The van der Waals surface area contributed by atoms with Gasteiger partial charge in [0.1, 0.15) is 12.2 Å². The second-order valence-corrected chi connectivity index (χ2v) is 4.83. The van der Waals surface area contributed by atoms with E-state index in [-0.39, 0.29) is 6.61 Å². The minimum Gasteiger partial charge on any atom is -0.491 e. The number of benzene rings is 2. The van der Waals surface area contributed by atoms with Gasteiger partial charge in [-0.1, -0.05) is 66.7 Å². The van der Waals surface area contributed by atoms with Crippen molar-refractivity contribution in [1.29, 1.82) is 0 Å². The van der Waals surface area contributed by atoms with Gasteiger partial charge in [0.25, 0.3) is 0 Å². The molecule has 0 saturated carbocycles. The maximum atomic E-state index is 9.83. The van der Waals surface area contributed by atoms with Gasteiger partial charge < -0.3 is 14.9 Å². The van der Waals surface area contributed by atoms with Crippen LogP contribution in [0, 0.1) is 0 Å². The van der Waals surface area contributed by atoms with Gasteiger partial charge in [0.2, 0.25) is 0 Å². The third kappa shape index (κ3) is 5.20. The van der Waals surface area contributed by atoms with Crippen molar-refractivity contribution in [3.63, 3.8) is 0 Å². The Hall–Kier alpha value is -2.36. The standard InChI is InChI=1S/C19H20O3/c20-15-18(21)19(12-11-16-7-3-1-4-8-16)22-14-13-17-9-5-2-6-10-17/h1-14,18-21H,15H2. The van der Waals surface area contributed by atoms with E-state index in [1.807, 2.05) is 72.8 Å². The van der Waals surface area contributed by atoms with E-state index < -0.39 is 12.2 Å². The summed E-state index contributed by atoms with van der Waals surface area (Å²) in [7, 11) is 0. The molecule has 3 heteroatoms. The van der Waals surface area contributed by atoms with E-state index in [4.69, 9.17) is 9.84 Å². The zero-order chi connectivity index (χ0) is 15.6. The number of ether oxygens (including phenoxy) is 1. The molecule has 2 atom stereocenters. The van der Waals surface area contributed by atoms with E-state index in [1.54, 1.807) is 6.08 Å². The third-order valence-corrected chi connectivity index (χ3v) is 3.14. The topological polar surface area (TPSA) is 49.7 Å². The van der Waals surface area contributed by atoms with E-state index in [9.17, 15) is 5.11 Å². The van der Waals surface area contributed by atoms with Crippen LogP contribution >= 0.6 is 0 Å². The van der Waals surface area contributed by atoms with Crippen molar-refractivity contribution in [1.82, 2.24) is 0 Å². The van der Waals surface area contributed by atoms with Crippen LogP contribution < -0.4 is 0 Å². The predicted octanol–water partition coefficient (Wildman–Crippen LogP) is 3.11.